The third kappa shape index (κ3) is 5.17. The number of imide groups is 2. The predicted molar refractivity (Wildman–Crippen MR) is 204 cm³/mol. The van der Waals surface area contributed by atoms with Crippen LogP contribution in [0.25, 0.3) is 21.5 Å². The Balaban J connectivity index is 0.978. The molecular formula is C44H32N4O6. The SMILES string of the molecule is O=C(N[C@@H]1CCCC[C@H]1NC(=O)c1ccccc1N1C(=O)c2cccc3cccc(c23)C1=O)c1ccccc1N1C(=O)c2cccc3cccc(c23)C1=O. The lowest BCUT2D eigenvalue weighted by Gasteiger charge is -2.34. The molecule has 2 N–H and O–H groups in total. The van der Waals surface area contributed by atoms with Gasteiger partial charge in [-0.05, 0) is 72.1 Å². The third-order valence-corrected chi connectivity index (χ3v) is 10.7. The van der Waals surface area contributed by atoms with Crippen molar-refractivity contribution in [1.82, 2.24) is 10.6 Å². The Morgan fingerprint density at radius 1 is 0.444 bits per heavy atom. The molecule has 264 valence electrons. The van der Waals surface area contributed by atoms with Crippen molar-refractivity contribution in [2.75, 3.05) is 9.80 Å². The molecule has 0 radical (unpaired) electrons. The lowest BCUT2D eigenvalue weighted by Crippen LogP contribution is -2.53. The second kappa shape index (κ2) is 12.9. The first-order valence-electron chi connectivity index (χ1n) is 17.9. The molecule has 0 bridgehead atoms. The number of nitrogens with one attached hydrogen (secondary N) is 2. The summed E-state index contributed by atoms with van der Waals surface area (Å²) in [6.45, 7) is 0. The van der Waals surface area contributed by atoms with Gasteiger partial charge in [-0.15, -0.1) is 0 Å². The molecular weight excluding hydrogens is 681 g/mol. The Hall–Kier alpha value is -6.94. The third-order valence-electron chi connectivity index (χ3n) is 10.7. The summed E-state index contributed by atoms with van der Waals surface area (Å²) in [7, 11) is 0. The van der Waals surface area contributed by atoms with Gasteiger partial charge in [0, 0.05) is 45.1 Å². The molecule has 2 atom stereocenters. The van der Waals surface area contributed by atoms with E-state index < -0.39 is 47.5 Å². The molecule has 0 aromatic heterocycles. The summed E-state index contributed by atoms with van der Waals surface area (Å²) in [4.78, 5) is 85.7. The van der Waals surface area contributed by atoms with Crippen molar-refractivity contribution in [3.8, 4) is 0 Å². The minimum Gasteiger partial charge on any atom is -0.347 e. The van der Waals surface area contributed by atoms with E-state index in [1.165, 1.54) is 0 Å². The van der Waals surface area contributed by atoms with Crippen LogP contribution >= 0.6 is 0 Å². The van der Waals surface area contributed by atoms with E-state index in [0.717, 1.165) is 33.4 Å². The number of rotatable bonds is 6. The van der Waals surface area contributed by atoms with Gasteiger partial charge >= 0.3 is 0 Å². The number of carbonyl (C=O) groups excluding carboxylic acids is 6. The van der Waals surface area contributed by atoms with Crippen molar-refractivity contribution in [3.05, 3.63) is 155 Å². The lowest BCUT2D eigenvalue weighted by atomic mass is 9.89. The monoisotopic (exact) mass is 712 g/mol. The average molecular weight is 713 g/mol. The first kappa shape index (κ1) is 32.9. The number of hydrogen-bond acceptors (Lipinski definition) is 6. The molecule has 1 aliphatic carbocycles. The fourth-order valence-electron chi connectivity index (χ4n) is 8.19. The van der Waals surface area contributed by atoms with E-state index >= 15 is 0 Å². The summed E-state index contributed by atoms with van der Waals surface area (Å²) in [5.41, 5.74) is 2.12. The zero-order chi connectivity index (χ0) is 37.1. The standard InChI is InChI=1S/C44H32N4O6/c49-39(27-15-1-5-23-35(27)47-41(51)29-17-7-11-25-12-8-18-30(37(25)29)42(47)52)45-33-21-3-4-22-34(33)46-40(50)28-16-2-6-24-36(28)48-43(53)31-19-9-13-26-14-10-20-32(38(26)31)44(48)54/h1-2,5-20,23-24,33-34H,3-4,21-22H2,(H,45,49)(H,46,50)/t33-,34-/m1/s1. The topological polar surface area (TPSA) is 133 Å². The van der Waals surface area contributed by atoms with Gasteiger partial charge in [0.1, 0.15) is 0 Å². The van der Waals surface area contributed by atoms with E-state index in [0.29, 0.717) is 45.9 Å². The van der Waals surface area contributed by atoms with E-state index in [2.05, 4.69) is 10.6 Å². The maximum atomic E-state index is 14.1. The number of nitrogens with zero attached hydrogens (tertiary/aromatic N) is 2. The van der Waals surface area contributed by atoms with Gasteiger partial charge in [-0.3, -0.25) is 28.8 Å². The first-order chi connectivity index (χ1) is 26.3. The Bertz CT molecular complexity index is 2350. The highest BCUT2D eigenvalue weighted by Crippen LogP contribution is 2.36. The van der Waals surface area contributed by atoms with Gasteiger partial charge in [0.25, 0.3) is 35.4 Å². The van der Waals surface area contributed by atoms with Crippen LogP contribution in [0.2, 0.25) is 0 Å². The maximum Gasteiger partial charge on any atom is 0.266 e. The number of carbonyl (C=O) groups is 6. The number of para-hydroxylation sites is 2. The average Bonchev–Trinajstić information content (AvgIpc) is 3.20. The highest BCUT2D eigenvalue weighted by atomic mass is 16.2. The Morgan fingerprint density at radius 3 is 1.13 bits per heavy atom. The summed E-state index contributed by atoms with van der Waals surface area (Å²) < 4.78 is 0. The smallest absolute Gasteiger partial charge is 0.266 e. The van der Waals surface area contributed by atoms with Crippen LogP contribution in [0.5, 0.6) is 0 Å². The molecule has 2 heterocycles. The molecule has 1 fully saturated rings. The van der Waals surface area contributed by atoms with Crippen molar-refractivity contribution in [2.24, 2.45) is 0 Å². The zero-order valence-corrected chi connectivity index (χ0v) is 28.9. The second-order valence-electron chi connectivity index (χ2n) is 13.8. The molecule has 3 aliphatic rings. The minimum absolute atomic E-state index is 0.143. The van der Waals surface area contributed by atoms with Gasteiger partial charge in [-0.1, -0.05) is 85.6 Å². The first-order valence-corrected chi connectivity index (χ1v) is 17.9. The summed E-state index contributed by atoms with van der Waals surface area (Å²) in [5.74, 6) is -3.05. The lowest BCUT2D eigenvalue weighted by molar-refractivity contribution is 0.0855. The highest BCUT2D eigenvalue weighted by molar-refractivity contribution is 6.37. The molecule has 0 unspecified atom stereocenters. The Labute approximate surface area is 309 Å². The fraction of sp³-hybridized carbons (Fsp3) is 0.136. The molecule has 0 spiro atoms. The Kier molecular flexibility index (Phi) is 7.88. The number of amides is 6. The van der Waals surface area contributed by atoms with Crippen LogP contribution in [0.15, 0.2) is 121 Å². The van der Waals surface area contributed by atoms with Crippen molar-refractivity contribution in [3.63, 3.8) is 0 Å². The van der Waals surface area contributed by atoms with E-state index in [1.807, 2.05) is 24.3 Å². The van der Waals surface area contributed by atoms with Crippen LogP contribution in [0, 0.1) is 0 Å². The summed E-state index contributed by atoms with van der Waals surface area (Å²) in [5, 5.41) is 8.90. The quantitative estimate of drug-likeness (QED) is 0.178. The molecule has 0 saturated heterocycles. The van der Waals surface area contributed by atoms with E-state index in [9.17, 15) is 28.8 Å². The van der Waals surface area contributed by atoms with E-state index in [1.54, 1.807) is 97.1 Å². The Morgan fingerprint density at radius 2 is 0.778 bits per heavy atom. The fourth-order valence-corrected chi connectivity index (χ4v) is 8.19. The molecule has 1 saturated carbocycles. The van der Waals surface area contributed by atoms with Crippen molar-refractivity contribution in [2.45, 2.75) is 37.8 Å². The van der Waals surface area contributed by atoms with Crippen LogP contribution < -0.4 is 20.4 Å². The van der Waals surface area contributed by atoms with Gasteiger partial charge in [-0.2, -0.15) is 0 Å². The molecule has 10 heteroatoms. The predicted octanol–water partition coefficient (Wildman–Crippen LogP) is 7.07. The summed E-state index contributed by atoms with van der Waals surface area (Å²) in [6.07, 6.45) is 2.75. The molecule has 6 amide bonds. The molecule has 10 nitrogen and oxygen atoms in total. The van der Waals surface area contributed by atoms with Gasteiger partial charge in [0.05, 0.1) is 22.5 Å². The van der Waals surface area contributed by atoms with E-state index in [4.69, 9.17) is 0 Å². The van der Waals surface area contributed by atoms with Crippen molar-refractivity contribution >= 4 is 68.4 Å². The molecule has 9 rings (SSSR count). The van der Waals surface area contributed by atoms with Crippen molar-refractivity contribution < 1.29 is 28.8 Å². The normalized spacial score (nSPS) is 17.9. The van der Waals surface area contributed by atoms with Crippen LogP contribution in [0.4, 0.5) is 11.4 Å². The molecule has 2 aliphatic heterocycles. The number of hydrogen-bond donors (Lipinski definition) is 2. The van der Waals surface area contributed by atoms with Crippen LogP contribution in [-0.4, -0.2) is 47.5 Å². The summed E-state index contributed by atoms with van der Waals surface area (Å²) in [6, 6.07) is 33.2. The second-order valence-corrected chi connectivity index (χ2v) is 13.8. The maximum absolute atomic E-state index is 14.1. The van der Waals surface area contributed by atoms with Gasteiger partial charge < -0.3 is 10.6 Å². The largest absolute Gasteiger partial charge is 0.347 e. The van der Waals surface area contributed by atoms with Crippen LogP contribution in [-0.2, 0) is 0 Å². The van der Waals surface area contributed by atoms with Crippen LogP contribution in [0.1, 0.15) is 87.8 Å². The number of benzene rings is 6. The van der Waals surface area contributed by atoms with Gasteiger partial charge in [0.2, 0.25) is 0 Å². The summed E-state index contributed by atoms with van der Waals surface area (Å²) >= 11 is 0. The van der Waals surface area contributed by atoms with E-state index in [-0.39, 0.29) is 22.5 Å². The van der Waals surface area contributed by atoms with Gasteiger partial charge in [-0.25, -0.2) is 9.80 Å². The highest BCUT2D eigenvalue weighted by Gasteiger charge is 2.38. The number of anilines is 2. The van der Waals surface area contributed by atoms with Crippen LogP contribution in [0.3, 0.4) is 0 Å². The molecule has 6 aromatic rings. The minimum atomic E-state index is -0.517. The van der Waals surface area contributed by atoms with Crippen molar-refractivity contribution in [1.29, 1.82) is 0 Å². The molecule has 6 aromatic carbocycles. The zero-order valence-electron chi connectivity index (χ0n) is 28.9. The van der Waals surface area contributed by atoms with Gasteiger partial charge in [0.15, 0.2) is 0 Å². The molecule has 54 heavy (non-hydrogen) atoms.